The van der Waals surface area contributed by atoms with Crippen LogP contribution >= 0.6 is 11.3 Å². The molecule has 1 aromatic carbocycles. The number of rotatable bonds is 3. The number of thiazole rings is 1. The van der Waals surface area contributed by atoms with Gasteiger partial charge in [0.15, 0.2) is 0 Å². The lowest BCUT2D eigenvalue weighted by atomic mass is 9.83. The maximum absolute atomic E-state index is 9.21. The zero-order valence-electron chi connectivity index (χ0n) is 11.6. The minimum atomic E-state index is 0.320. The molecule has 3 rings (SSSR count). The molecule has 108 valence electrons. The van der Waals surface area contributed by atoms with Crippen LogP contribution in [-0.4, -0.2) is 23.8 Å². The molecule has 0 saturated heterocycles. The molecule has 1 aliphatic carbocycles. The summed E-state index contributed by atoms with van der Waals surface area (Å²) >= 11 is 1.74. The summed E-state index contributed by atoms with van der Waals surface area (Å²) in [4.78, 5) is 4.76. The molecule has 0 unspecified atom stereocenters. The first-order valence-corrected chi connectivity index (χ1v) is 7.87. The molecular formula is C15H20N2O2S. The maximum Gasteiger partial charge on any atom is 0.143 e. The Labute approximate surface area is 122 Å². The third-order valence-corrected chi connectivity index (χ3v) is 5.39. The molecule has 1 heterocycles. The maximum atomic E-state index is 9.21. The third-order valence-electron chi connectivity index (χ3n) is 4.21. The lowest BCUT2D eigenvalue weighted by Gasteiger charge is -2.25. The van der Waals surface area contributed by atoms with Crippen LogP contribution in [0.1, 0.15) is 36.6 Å². The number of aliphatic hydroxyl groups excluding tert-OH is 1. The second-order valence-corrected chi connectivity index (χ2v) is 6.58. The van der Waals surface area contributed by atoms with Gasteiger partial charge in [0.2, 0.25) is 0 Å². The van der Waals surface area contributed by atoms with Crippen molar-refractivity contribution in [3.8, 4) is 5.75 Å². The van der Waals surface area contributed by atoms with Gasteiger partial charge in [-0.05, 0) is 37.7 Å². The molecule has 0 radical (unpaired) electrons. The SMILES string of the molecule is COc1cc2nc(C3CCC(CO)CC3)sc2cc1N. The summed E-state index contributed by atoms with van der Waals surface area (Å²) < 4.78 is 6.38. The normalized spacial score (nSPS) is 23.1. The summed E-state index contributed by atoms with van der Waals surface area (Å²) in [7, 11) is 1.63. The molecule has 2 aromatic rings. The number of benzene rings is 1. The van der Waals surface area contributed by atoms with Crippen molar-refractivity contribution in [1.82, 2.24) is 4.98 Å². The molecule has 0 atom stereocenters. The highest BCUT2D eigenvalue weighted by Gasteiger charge is 2.24. The Morgan fingerprint density at radius 3 is 2.75 bits per heavy atom. The van der Waals surface area contributed by atoms with Crippen LogP contribution in [0.3, 0.4) is 0 Å². The van der Waals surface area contributed by atoms with Crippen molar-refractivity contribution >= 4 is 27.2 Å². The number of hydrogen-bond acceptors (Lipinski definition) is 5. The van der Waals surface area contributed by atoms with Crippen molar-refractivity contribution in [3.05, 3.63) is 17.1 Å². The molecule has 1 saturated carbocycles. The van der Waals surface area contributed by atoms with Gasteiger partial charge in [0, 0.05) is 18.6 Å². The molecule has 0 amide bonds. The number of methoxy groups -OCH3 is 1. The van der Waals surface area contributed by atoms with Gasteiger partial charge in [-0.25, -0.2) is 4.98 Å². The van der Waals surface area contributed by atoms with Crippen LogP contribution in [0.5, 0.6) is 5.75 Å². The summed E-state index contributed by atoms with van der Waals surface area (Å²) in [5.41, 5.74) is 7.59. The fourth-order valence-corrected chi connectivity index (χ4v) is 4.10. The highest BCUT2D eigenvalue weighted by atomic mass is 32.1. The van der Waals surface area contributed by atoms with Crippen LogP contribution in [0.25, 0.3) is 10.2 Å². The Kier molecular flexibility index (Phi) is 3.81. The quantitative estimate of drug-likeness (QED) is 0.853. The second-order valence-electron chi connectivity index (χ2n) is 5.51. The second kappa shape index (κ2) is 5.58. The van der Waals surface area contributed by atoms with E-state index in [1.54, 1.807) is 18.4 Å². The number of aliphatic hydroxyl groups is 1. The van der Waals surface area contributed by atoms with Crippen LogP contribution in [0.2, 0.25) is 0 Å². The zero-order valence-corrected chi connectivity index (χ0v) is 12.4. The van der Waals surface area contributed by atoms with Crippen molar-refractivity contribution in [2.45, 2.75) is 31.6 Å². The van der Waals surface area contributed by atoms with E-state index in [4.69, 9.17) is 15.5 Å². The number of nitrogen functional groups attached to an aromatic ring is 1. The fraction of sp³-hybridized carbons (Fsp3) is 0.533. The Morgan fingerprint density at radius 1 is 1.35 bits per heavy atom. The van der Waals surface area contributed by atoms with E-state index in [1.165, 1.54) is 5.01 Å². The lowest BCUT2D eigenvalue weighted by molar-refractivity contribution is 0.182. The van der Waals surface area contributed by atoms with Gasteiger partial charge in [0.25, 0.3) is 0 Å². The van der Waals surface area contributed by atoms with E-state index in [-0.39, 0.29) is 0 Å². The van der Waals surface area contributed by atoms with Crippen LogP contribution < -0.4 is 10.5 Å². The molecule has 0 bridgehead atoms. The summed E-state index contributed by atoms with van der Waals surface area (Å²) in [6, 6.07) is 3.87. The van der Waals surface area contributed by atoms with Crippen LogP contribution in [0, 0.1) is 5.92 Å². The predicted molar refractivity (Wildman–Crippen MR) is 82.4 cm³/mol. The first-order valence-electron chi connectivity index (χ1n) is 7.06. The summed E-state index contributed by atoms with van der Waals surface area (Å²) in [6.45, 7) is 0.320. The van der Waals surface area contributed by atoms with Gasteiger partial charge in [-0.3, -0.25) is 0 Å². The number of fused-ring (bicyclic) bond motifs is 1. The number of nitrogens with two attached hydrogens (primary N) is 1. The van der Waals surface area contributed by atoms with Gasteiger partial charge in [0.1, 0.15) is 5.75 Å². The van der Waals surface area contributed by atoms with Gasteiger partial charge >= 0.3 is 0 Å². The summed E-state index contributed by atoms with van der Waals surface area (Å²) in [6.07, 6.45) is 4.44. The molecule has 3 N–H and O–H groups in total. The van der Waals surface area contributed by atoms with Crippen molar-refractivity contribution in [2.24, 2.45) is 5.92 Å². The average molecular weight is 292 g/mol. The minimum absolute atomic E-state index is 0.320. The first kappa shape index (κ1) is 13.6. The number of anilines is 1. The van der Waals surface area contributed by atoms with E-state index >= 15 is 0 Å². The zero-order chi connectivity index (χ0) is 14.1. The van der Waals surface area contributed by atoms with Crippen molar-refractivity contribution in [1.29, 1.82) is 0 Å². The molecule has 1 aromatic heterocycles. The summed E-state index contributed by atoms with van der Waals surface area (Å²) in [5.74, 6) is 1.71. The van der Waals surface area contributed by atoms with E-state index in [0.29, 0.717) is 29.9 Å². The molecular weight excluding hydrogens is 272 g/mol. The largest absolute Gasteiger partial charge is 0.495 e. The molecule has 4 nitrogen and oxygen atoms in total. The van der Waals surface area contributed by atoms with Crippen molar-refractivity contribution in [2.75, 3.05) is 19.5 Å². The molecule has 0 aliphatic heterocycles. The number of hydrogen-bond donors (Lipinski definition) is 2. The van der Waals surface area contributed by atoms with Gasteiger partial charge < -0.3 is 15.6 Å². The van der Waals surface area contributed by atoms with Crippen molar-refractivity contribution in [3.63, 3.8) is 0 Å². The van der Waals surface area contributed by atoms with E-state index in [1.807, 2.05) is 12.1 Å². The molecule has 20 heavy (non-hydrogen) atoms. The van der Waals surface area contributed by atoms with Gasteiger partial charge in [0.05, 0.1) is 28.0 Å². The van der Waals surface area contributed by atoms with E-state index in [0.717, 1.165) is 35.9 Å². The Balaban J connectivity index is 1.86. The Morgan fingerprint density at radius 2 is 2.10 bits per heavy atom. The molecule has 0 spiro atoms. The lowest BCUT2D eigenvalue weighted by Crippen LogP contribution is -2.15. The van der Waals surface area contributed by atoms with Crippen LogP contribution in [0.4, 0.5) is 5.69 Å². The molecule has 5 heteroatoms. The van der Waals surface area contributed by atoms with E-state index in [9.17, 15) is 5.11 Å². The number of ether oxygens (including phenoxy) is 1. The molecule has 1 aliphatic rings. The molecule has 1 fully saturated rings. The summed E-state index contributed by atoms with van der Waals surface area (Å²) in [5, 5.41) is 10.4. The van der Waals surface area contributed by atoms with Crippen molar-refractivity contribution < 1.29 is 9.84 Å². The van der Waals surface area contributed by atoms with E-state index in [2.05, 4.69) is 0 Å². The number of aromatic nitrogens is 1. The Hall–Kier alpha value is -1.33. The van der Waals surface area contributed by atoms with E-state index < -0.39 is 0 Å². The number of nitrogens with zero attached hydrogens (tertiary/aromatic N) is 1. The standard InChI is InChI=1S/C15H20N2O2S/c1-19-13-7-12-14(6-11(13)16)20-15(17-12)10-4-2-9(8-18)3-5-10/h6-7,9-10,18H,2-5,8,16H2,1H3. The Bertz CT molecular complexity index is 603. The smallest absolute Gasteiger partial charge is 0.143 e. The average Bonchev–Trinajstić information content (AvgIpc) is 2.89. The van der Waals surface area contributed by atoms with Gasteiger partial charge in [-0.2, -0.15) is 0 Å². The van der Waals surface area contributed by atoms with Crippen LogP contribution in [-0.2, 0) is 0 Å². The van der Waals surface area contributed by atoms with Gasteiger partial charge in [-0.15, -0.1) is 11.3 Å². The fourth-order valence-electron chi connectivity index (χ4n) is 2.93. The van der Waals surface area contributed by atoms with Gasteiger partial charge in [-0.1, -0.05) is 0 Å². The highest BCUT2D eigenvalue weighted by molar-refractivity contribution is 7.18. The first-order chi connectivity index (χ1) is 9.71. The predicted octanol–water partition coefficient (Wildman–Crippen LogP) is 3.15. The highest BCUT2D eigenvalue weighted by Crippen LogP contribution is 2.40. The minimum Gasteiger partial charge on any atom is -0.495 e. The van der Waals surface area contributed by atoms with Crippen LogP contribution in [0.15, 0.2) is 12.1 Å². The topological polar surface area (TPSA) is 68.4 Å². The monoisotopic (exact) mass is 292 g/mol. The third kappa shape index (κ3) is 2.47.